The van der Waals surface area contributed by atoms with Gasteiger partial charge >= 0.3 is 0 Å². The Bertz CT molecular complexity index is 741. The van der Waals surface area contributed by atoms with Gasteiger partial charge in [0.2, 0.25) is 0 Å². The molecule has 0 aliphatic heterocycles. The molecule has 0 amide bonds. The molecule has 0 saturated carbocycles. The van der Waals surface area contributed by atoms with E-state index >= 15 is 0 Å². The molecule has 0 spiro atoms. The maximum atomic E-state index is 13.3. The Morgan fingerprint density at radius 1 is 1.33 bits per heavy atom. The van der Waals surface area contributed by atoms with E-state index in [0.29, 0.717) is 27.5 Å². The molecule has 108 valence electrons. The second kappa shape index (κ2) is 6.37. The predicted octanol–water partition coefficient (Wildman–Crippen LogP) is 2.60. The van der Waals surface area contributed by atoms with E-state index in [0.717, 1.165) is 0 Å². The lowest BCUT2D eigenvalue weighted by molar-refractivity contribution is 0.404. The van der Waals surface area contributed by atoms with E-state index in [4.69, 9.17) is 15.7 Å². The first-order chi connectivity index (χ1) is 10.0. The number of rotatable bonds is 4. The monoisotopic (exact) mass is 304 g/mol. The molecule has 2 N–H and O–H groups in total. The highest BCUT2D eigenvalue weighted by molar-refractivity contribution is 7.84. The van der Waals surface area contributed by atoms with Gasteiger partial charge < -0.3 is 10.5 Å². The van der Waals surface area contributed by atoms with E-state index in [1.807, 2.05) is 6.07 Å². The molecule has 0 aliphatic rings. The largest absolute Gasteiger partial charge is 0.495 e. The lowest BCUT2D eigenvalue weighted by atomic mass is 10.1. The lowest BCUT2D eigenvalue weighted by Crippen LogP contribution is -2.02. The third-order valence-electron chi connectivity index (χ3n) is 2.91. The fourth-order valence-corrected chi connectivity index (χ4v) is 3.15. The Morgan fingerprint density at radius 2 is 2.10 bits per heavy atom. The van der Waals surface area contributed by atoms with Crippen LogP contribution >= 0.6 is 0 Å². The van der Waals surface area contributed by atoms with Crippen LogP contribution in [-0.4, -0.2) is 11.3 Å². The Labute approximate surface area is 124 Å². The zero-order valence-corrected chi connectivity index (χ0v) is 12.1. The zero-order valence-electron chi connectivity index (χ0n) is 11.3. The Morgan fingerprint density at radius 3 is 2.76 bits per heavy atom. The third-order valence-corrected chi connectivity index (χ3v) is 4.31. The molecule has 2 aromatic rings. The number of nitrogen functional groups attached to an aromatic ring is 1. The summed E-state index contributed by atoms with van der Waals surface area (Å²) < 4.78 is 30.9. The lowest BCUT2D eigenvalue weighted by Gasteiger charge is -2.10. The minimum atomic E-state index is -1.47. The summed E-state index contributed by atoms with van der Waals surface area (Å²) in [5.41, 5.74) is 6.85. The van der Waals surface area contributed by atoms with Gasteiger partial charge in [0.1, 0.15) is 11.6 Å². The van der Waals surface area contributed by atoms with Crippen molar-refractivity contribution in [3.8, 4) is 11.8 Å². The number of nitrogens with zero attached hydrogens (tertiary/aromatic N) is 1. The summed E-state index contributed by atoms with van der Waals surface area (Å²) in [6.45, 7) is 0. The average molecular weight is 304 g/mol. The SMILES string of the molecule is COc1cc(N)ccc1S(=O)Cc1cc(F)ccc1C#N. The van der Waals surface area contributed by atoms with Crippen molar-refractivity contribution >= 4 is 16.5 Å². The highest BCUT2D eigenvalue weighted by Gasteiger charge is 2.14. The Kier molecular flexibility index (Phi) is 4.55. The van der Waals surface area contributed by atoms with Crippen LogP contribution in [0.3, 0.4) is 0 Å². The van der Waals surface area contributed by atoms with Crippen LogP contribution in [0.2, 0.25) is 0 Å². The van der Waals surface area contributed by atoms with Gasteiger partial charge in [-0.1, -0.05) is 0 Å². The van der Waals surface area contributed by atoms with Crippen LogP contribution in [0, 0.1) is 17.1 Å². The van der Waals surface area contributed by atoms with E-state index in [9.17, 15) is 8.60 Å². The molecule has 0 heterocycles. The first-order valence-corrected chi connectivity index (χ1v) is 7.37. The summed E-state index contributed by atoms with van der Waals surface area (Å²) in [5, 5.41) is 9.02. The van der Waals surface area contributed by atoms with Crippen LogP contribution in [0.5, 0.6) is 5.75 Å². The van der Waals surface area contributed by atoms with Gasteiger partial charge in [0.25, 0.3) is 0 Å². The van der Waals surface area contributed by atoms with E-state index in [2.05, 4.69) is 0 Å². The summed E-state index contributed by atoms with van der Waals surface area (Å²) in [6.07, 6.45) is 0. The van der Waals surface area contributed by atoms with Crippen molar-refractivity contribution in [2.45, 2.75) is 10.6 Å². The van der Waals surface area contributed by atoms with Crippen molar-refractivity contribution in [2.24, 2.45) is 0 Å². The number of ether oxygens (including phenoxy) is 1. The number of nitriles is 1. The van der Waals surface area contributed by atoms with E-state index in [1.165, 1.54) is 25.3 Å². The summed E-state index contributed by atoms with van der Waals surface area (Å²) in [4.78, 5) is 0.458. The highest BCUT2D eigenvalue weighted by Crippen LogP contribution is 2.27. The molecule has 21 heavy (non-hydrogen) atoms. The van der Waals surface area contributed by atoms with Gasteiger partial charge in [-0.3, -0.25) is 4.21 Å². The minimum Gasteiger partial charge on any atom is -0.495 e. The second-order valence-corrected chi connectivity index (χ2v) is 5.73. The quantitative estimate of drug-likeness (QED) is 0.881. The van der Waals surface area contributed by atoms with Crippen LogP contribution in [0.1, 0.15) is 11.1 Å². The van der Waals surface area contributed by atoms with Gasteiger partial charge in [-0.05, 0) is 35.9 Å². The van der Waals surface area contributed by atoms with Gasteiger partial charge in [0, 0.05) is 11.8 Å². The molecule has 0 bridgehead atoms. The molecule has 0 fully saturated rings. The van der Waals surface area contributed by atoms with Crippen LogP contribution in [0.15, 0.2) is 41.3 Å². The molecule has 6 heteroatoms. The van der Waals surface area contributed by atoms with Gasteiger partial charge in [-0.2, -0.15) is 5.26 Å². The first-order valence-electron chi connectivity index (χ1n) is 6.05. The molecular weight excluding hydrogens is 291 g/mol. The van der Waals surface area contributed by atoms with Gasteiger partial charge in [-0.25, -0.2) is 4.39 Å². The molecule has 1 unspecified atom stereocenters. The number of hydrogen-bond donors (Lipinski definition) is 1. The van der Waals surface area contributed by atoms with Crippen molar-refractivity contribution < 1.29 is 13.3 Å². The summed E-state index contributed by atoms with van der Waals surface area (Å²) in [6, 6.07) is 10.6. The maximum Gasteiger partial charge on any atom is 0.137 e. The molecular formula is C15H13FN2O2S. The minimum absolute atomic E-state index is 0.0287. The number of methoxy groups -OCH3 is 1. The number of anilines is 1. The van der Waals surface area contributed by atoms with E-state index in [-0.39, 0.29) is 5.75 Å². The molecule has 0 radical (unpaired) electrons. The van der Waals surface area contributed by atoms with E-state index in [1.54, 1.807) is 18.2 Å². The summed E-state index contributed by atoms with van der Waals surface area (Å²) >= 11 is 0. The van der Waals surface area contributed by atoms with Crippen LogP contribution in [0.25, 0.3) is 0 Å². The number of hydrogen-bond acceptors (Lipinski definition) is 4. The molecule has 2 aromatic carbocycles. The highest BCUT2D eigenvalue weighted by atomic mass is 32.2. The van der Waals surface area contributed by atoms with Crippen molar-refractivity contribution in [2.75, 3.05) is 12.8 Å². The van der Waals surface area contributed by atoms with Crippen LogP contribution < -0.4 is 10.5 Å². The molecule has 1 atom stereocenters. The van der Waals surface area contributed by atoms with Crippen LogP contribution in [-0.2, 0) is 16.6 Å². The van der Waals surface area contributed by atoms with E-state index < -0.39 is 16.6 Å². The summed E-state index contributed by atoms with van der Waals surface area (Å²) in [7, 11) is -0.0159. The molecule has 4 nitrogen and oxygen atoms in total. The molecule has 0 saturated heterocycles. The zero-order chi connectivity index (χ0) is 15.4. The standard InChI is InChI=1S/C15H13FN2O2S/c1-20-14-7-13(18)4-5-15(14)21(19)9-11-6-12(16)3-2-10(11)8-17/h2-7H,9,18H2,1H3. The normalized spacial score (nSPS) is 11.7. The topological polar surface area (TPSA) is 76.1 Å². The summed E-state index contributed by atoms with van der Waals surface area (Å²) in [5.74, 6) is -0.0329. The van der Waals surface area contributed by atoms with Gasteiger partial charge in [-0.15, -0.1) is 0 Å². The first kappa shape index (κ1) is 15.0. The van der Waals surface area contributed by atoms with Crippen LogP contribution in [0.4, 0.5) is 10.1 Å². The van der Waals surface area contributed by atoms with Gasteiger partial charge in [0.15, 0.2) is 0 Å². The maximum absolute atomic E-state index is 13.3. The smallest absolute Gasteiger partial charge is 0.137 e. The molecule has 0 aliphatic carbocycles. The van der Waals surface area contributed by atoms with Gasteiger partial charge in [0.05, 0.1) is 40.2 Å². The fourth-order valence-electron chi connectivity index (χ4n) is 1.88. The Hall–Kier alpha value is -2.39. The molecule has 2 rings (SSSR count). The van der Waals surface area contributed by atoms with Crippen molar-refractivity contribution in [3.05, 3.63) is 53.3 Å². The predicted molar refractivity (Wildman–Crippen MR) is 78.6 cm³/mol. The second-order valence-electron chi connectivity index (χ2n) is 4.31. The average Bonchev–Trinajstić information content (AvgIpc) is 2.47. The van der Waals surface area contributed by atoms with Crippen molar-refractivity contribution in [3.63, 3.8) is 0 Å². The number of nitrogens with two attached hydrogens (primary N) is 1. The number of halogens is 1. The fraction of sp³-hybridized carbons (Fsp3) is 0.133. The Balaban J connectivity index is 2.35. The third kappa shape index (κ3) is 3.38. The number of benzene rings is 2. The van der Waals surface area contributed by atoms with Crippen molar-refractivity contribution in [1.29, 1.82) is 5.26 Å². The molecule has 0 aromatic heterocycles. The van der Waals surface area contributed by atoms with Crippen molar-refractivity contribution in [1.82, 2.24) is 0 Å².